The lowest BCUT2D eigenvalue weighted by atomic mass is 10.0. The van der Waals surface area contributed by atoms with Crippen molar-refractivity contribution < 1.29 is 24.2 Å². The molecule has 5 heteroatoms. The first kappa shape index (κ1) is 65.6. The third-order valence-electron chi connectivity index (χ3n) is 14.3. The number of carbonyl (C=O) groups excluding carboxylic acids is 2. The van der Waals surface area contributed by atoms with Crippen LogP contribution in [0.2, 0.25) is 0 Å². The van der Waals surface area contributed by atoms with Crippen molar-refractivity contribution in [3.8, 4) is 0 Å². The number of aliphatic hydroxyl groups is 1. The van der Waals surface area contributed by atoms with Gasteiger partial charge in [-0.25, -0.2) is 0 Å². The monoisotopic (exact) mass is 945 g/mol. The van der Waals surface area contributed by atoms with Crippen LogP contribution >= 0.6 is 0 Å². The molecule has 0 spiro atoms. The predicted molar refractivity (Wildman–Crippen MR) is 293 cm³/mol. The number of hydrogen-bond donors (Lipinski definition) is 1. The minimum absolute atomic E-state index is 0.0568. The summed E-state index contributed by atoms with van der Waals surface area (Å²) in [6.45, 7) is 4.20. The molecule has 0 aliphatic rings. The molecule has 1 unspecified atom stereocenters. The SMILES string of the molecule is CCCCCCCCCC/C=C\CCCCCCCCCCCCCCCCCCCCCCCCCCCC(=O)OC(CO)COC(=O)CCCCCCCCCCCCCCCCCC. The fraction of sp³-hybridized carbons (Fsp3) is 0.935. The summed E-state index contributed by atoms with van der Waals surface area (Å²) in [5.41, 5.74) is 0. The molecule has 0 aromatic carbocycles. The minimum Gasteiger partial charge on any atom is -0.462 e. The van der Waals surface area contributed by atoms with E-state index in [-0.39, 0.29) is 25.2 Å². The molecule has 1 atom stereocenters. The van der Waals surface area contributed by atoms with Gasteiger partial charge in [0.2, 0.25) is 0 Å². The first-order chi connectivity index (χ1) is 33.1. The van der Waals surface area contributed by atoms with Crippen molar-refractivity contribution >= 4 is 11.9 Å². The Balaban J connectivity index is 3.35. The molecule has 0 aromatic heterocycles. The van der Waals surface area contributed by atoms with Crippen LogP contribution in [0.1, 0.15) is 354 Å². The second-order valence-corrected chi connectivity index (χ2v) is 21.1. The molecule has 1 N–H and O–H groups in total. The second-order valence-electron chi connectivity index (χ2n) is 21.1. The zero-order valence-electron chi connectivity index (χ0n) is 45.7. The summed E-state index contributed by atoms with van der Waals surface area (Å²) in [5.74, 6) is -0.566. The number of ether oxygens (including phenoxy) is 2. The highest BCUT2D eigenvalue weighted by Gasteiger charge is 2.16. The summed E-state index contributed by atoms with van der Waals surface area (Å²) >= 11 is 0. The summed E-state index contributed by atoms with van der Waals surface area (Å²) in [7, 11) is 0. The third kappa shape index (κ3) is 57.1. The van der Waals surface area contributed by atoms with Crippen LogP contribution in [0.4, 0.5) is 0 Å². The first-order valence-electron chi connectivity index (χ1n) is 30.7. The Morgan fingerprint density at radius 3 is 0.806 bits per heavy atom. The number of rotatable bonds is 58. The molecule has 0 saturated heterocycles. The van der Waals surface area contributed by atoms with Crippen LogP contribution < -0.4 is 0 Å². The van der Waals surface area contributed by atoms with E-state index in [1.165, 1.54) is 295 Å². The largest absolute Gasteiger partial charge is 0.462 e. The Hall–Kier alpha value is -1.36. The van der Waals surface area contributed by atoms with Gasteiger partial charge < -0.3 is 14.6 Å². The lowest BCUT2D eigenvalue weighted by Gasteiger charge is -2.15. The van der Waals surface area contributed by atoms with Gasteiger partial charge in [-0.15, -0.1) is 0 Å². The van der Waals surface area contributed by atoms with Crippen LogP contribution in [0, 0.1) is 0 Å². The lowest BCUT2D eigenvalue weighted by Crippen LogP contribution is -2.28. The zero-order chi connectivity index (χ0) is 48.5. The number of unbranched alkanes of at least 4 members (excludes halogenated alkanes) is 48. The lowest BCUT2D eigenvalue weighted by molar-refractivity contribution is -0.161. The predicted octanol–water partition coefficient (Wildman–Crippen LogP) is 20.7. The topological polar surface area (TPSA) is 72.8 Å². The van der Waals surface area contributed by atoms with Gasteiger partial charge in [0.15, 0.2) is 6.10 Å². The highest BCUT2D eigenvalue weighted by Crippen LogP contribution is 2.18. The van der Waals surface area contributed by atoms with Crippen molar-refractivity contribution in [2.75, 3.05) is 13.2 Å². The molecule has 67 heavy (non-hydrogen) atoms. The Bertz CT molecular complexity index is 979. The van der Waals surface area contributed by atoms with Crippen LogP contribution in [0.3, 0.4) is 0 Å². The number of carbonyl (C=O) groups is 2. The summed E-state index contributed by atoms with van der Waals surface area (Å²) in [4.78, 5) is 24.5. The number of esters is 2. The molecule has 0 saturated carbocycles. The van der Waals surface area contributed by atoms with Gasteiger partial charge in [-0.1, -0.05) is 315 Å². The van der Waals surface area contributed by atoms with Crippen molar-refractivity contribution in [1.29, 1.82) is 0 Å². The van der Waals surface area contributed by atoms with E-state index >= 15 is 0 Å². The fourth-order valence-corrected chi connectivity index (χ4v) is 9.67. The molecule has 0 amide bonds. The van der Waals surface area contributed by atoms with Crippen LogP contribution in [0.15, 0.2) is 12.2 Å². The average Bonchev–Trinajstić information content (AvgIpc) is 3.33. The summed E-state index contributed by atoms with van der Waals surface area (Å²) < 4.78 is 10.7. The maximum Gasteiger partial charge on any atom is 0.306 e. The van der Waals surface area contributed by atoms with Gasteiger partial charge >= 0.3 is 11.9 Å². The molecule has 0 heterocycles. The van der Waals surface area contributed by atoms with Crippen molar-refractivity contribution in [1.82, 2.24) is 0 Å². The third-order valence-corrected chi connectivity index (χ3v) is 14.3. The normalized spacial score (nSPS) is 12.1. The summed E-state index contributed by atoms with van der Waals surface area (Å²) in [6, 6.07) is 0. The van der Waals surface area contributed by atoms with Gasteiger partial charge in [0.1, 0.15) is 6.61 Å². The van der Waals surface area contributed by atoms with Crippen LogP contribution in [0.5, 0.6) is 0 Å². The van der Waals surface area contributed by atoms with E-state index in [9.17, 15) is 14.7 Å². The van der Waals surface area contributed by atoms with Crippen LogP contribution in [-0.4, -0.2) is 36.4 Å². The first-order valence-corrected chi connectivity index (χ1v) is 30.7. The summed E-state index contributed by atoms with van der Waals surface area (Å²) in [5, 5.41) is 9.65. The molecule has 0 bridgehead atoms. The molecule has 5 nitrogen and oxygen atoms in total. The Morgan fingerprint density at radius 1 is 0.328 bits per heavy atom. The van der Waals surface area contributed by atoms with E-state index in [0.717, 1.165) is 32.1 Å². The van der Waals surface area contributed by atoms with Gasteiger partial charge in [-0.3, -0.25) is 9.59 Å². The molecule has 0 radical (unpaired) electrons. The maximum absolute atomic E-state index is 12.3. The maximum atomic E-state index is 12.3. The molecular weight excluding hydrogens is 825 g/mol. The van der Waals surface area contributed by atoms with Gasteiger partial charge in [0, 0.05) is 12.8 Å². The van der Waals surface area contributed by atoms with E-state index in [1.54, 1.807) is 0 Å². The second kappa shape index (κ2) is 59.0. The van der Waals surface area contributed by atoms with Crippen molar-refractivity contribution in [2.45, 2.75) is 360 Å². The van der Waals surface area contributed by atoms with E-state index in [1.807, 2.05) is 0 Å². The molecule has 0 aliphatic carbocycles. The zero-order valence-corrected chi connectivity index (χ0v) is 45.7. The van der Waals surface area contributed by atoms with E-state index in [4.69, 9.17) is 9.47 Å². The molecule has 0 aliphatic heterocycles. The van der Waals surface area contributed by atoms with Gasteiger partial charge in [-0.05, 0) is 38.5 Å². The van der Waals surface area contributed by atoms with Crippen molar-refractivity contribution in [2.24, 2.45) is 0 Å². The standard InChI is InChI=1S/C62H120O5/c1-3-5-7-9-11-13-15-17-19-21-22-23-24-25-26-27-28-29-30-31-32-33-34-35-36-37-38-39-40-41-43-45-47-49-51-53-55-57-62(65)67-60(58-63)59-66-61(64)56-54-52-50-48-46-44-42-20-18-16-14-12-10-8-6-4-2/h21-22,60,63H,3-20,23-59H2,1-2H3/b22-21-. The Kier molecular flexibility index (Phi) is 57.8. The average molecular weight is 946 g/mol. The number of aliphatic hydroxyl groups excluding tert-OH is 1. The highest BCUT2D eigenvalue weighted by atomic mass is 16.6. The number of hydrogen-bond acceptors (Lipinski definition) is 5. The van der Waals surface area contributed by atoms with Gasteiger partial charge in [0.25, 0.3) is 0 Å². The quantitative estimate of drug-likeness (QED) is 0.0374. The van der Waals surface area contributed by atoms with Crippen LogP contribution in [0.25, 0.3) is 0 Å². The van der Waals surface area contributed by atoms with Crippen molar-refractivity contribution in [3.05, 3.63) is 12.2 Å². The van der Waals surface area contributed by atoms with Crippen LogP contribution in [-0.2, 0) is 19.1 Å². The number of allylic oxidation sites excluding steroid dienone is 2. The summed E-state index contributed by atoms with van der Waals surface area (Å²) in [6.07, 6.45) is 73.7. The van der Waals surface area contributed by atoms with Gasteiger partial charge in [-0.2, -0.15) is 0 Å². The Labute approximate surface area is 420 Å². The highest BCUT2D eigenvalue weighted by molar-refractivity contribution is 5.70. The fourth-order valence-electron chi connectivity index (χ4n) is 9.67. The van der Waals surface area contributed by atoms with E-state index in [2.05, 4.69) is 26.0 Å². The molecule has 0 aromatic rings. The smallest absolute Gasteiger partial charge is 0.306 e. The van der Waals surface area contributed by atoms with E-state index < -0.39 is 6.10 Å². The molecule has 398 valence electrons. The molecular formula is C62H120O5. The van der Waals surface area contributed by atoms with Crippen molar-refractivity contribution in [3.63, 3.8) is 0 Å². The Morgan fingerprint density at radius 2 is 0.552 bits per heavy atom. The van der Waals surface area contributed by atoms with Gasteiger partial charge in [0.05, 0.1) is 6.61 Å². The van der Waals surface area contributed by atoms with E-state index in [0.29, 0.717) is 12.8 Å². The minimum atomic E-state index is -0.765. The molecule has 0 rings (SSSR count). The molecule has 0 fully saturated rings.